The summed E-state index contributed by atoms with van der Waals surface area (Å²) in [6, 6.07) is 65.3. The summed E-state index contributed by atoms with van der Waals surface area (Å²) >= 11 is 0. The Bertz CT molecular complexity index is 2940. The number of nitrogens with zero attached hydrogens (tertiary/aromatic N) is 1. The molecule has 0 atom stereocenters. The maximum absolute atomic E-state index is 2.48. The molecule has 1 heteroatoms. The van der Waals surface area contributed by atoms with Crippen molar-refractivity contribution in [3.05, 3.63) is 176 Å². The standard InChI is InChI=1S/C48H29N/c1-5-17-35-31(13-1)32-14-2-8-20-38(32)45-28-43-36-18-6-3-15-33(36)34-16-4-7-19-37(34)44(43)29-46(45)39-26-25-30(27-42(35)39)49-47-23-11-9-21-40(47)41-22-10-12-24-48(41)49/h1-29H. The molecule has 0 aliphatic heterocycles. The number of fused-ring (bicyclic) bond motifs is 17. The van der Waals surface area contributed by atoms with E-state index in [0.29, 0.717) is 0 Å². The Morgan fingerprint density at radius 2 is 0.551 bits per heavy atom. The average molecular weight is 620 g/mol. The molecule has 0 radical (unpaired) electrons. The van der Waals surface area contributed by atoms with Crippen LogP contribution in [0.15, 0.2) is 176 Å². The highest BCUT2D eigenvalue weighted by Gasteiger charge is 2.24. The van der Waals surface area contributed by atoms with Gasteiger partial charge >= 0.3 is 0 Å². The minimum atomic E-state index is 1.17. The van der Waals surface area contributed by atoms with E-state index in [1.807, 2.05) is 0 Å². The second kappa shape index (κ2) is 10.0. The van der Waals surface area contributed by atoms with Crippen LogP contribution in [0, 0.1) is 0 Å². The molecule has 0 unspecified atom stereocenters. The zero-order valence-electron chi connectivity index (χ0n) is 26.7. The molecule has 11 rings (SSSR count). The minimum Gasteiger partial charge on any atom is -0.309 e. The molecule has 0 bridgehead atoms. The van der Waals surface area contributed by atoms with Crippen LogP contribution >= 0.6 is 0 Å². The third-order valence-corrected chi connectivity index (χ3v) is 10.7. The van der Waals surface area contributed by atoms with Gasteiger partial charge in [0, 0.05) is 16.5 Å². The highest BCUT2D eigenvalue weighted by atomic mass is 15.0. The van der Waals surface area contributed by atoms with E-state index in [1.165, 1.54) is 104 Å². The largest absolute Gasteiger partial charge is 0.309 e. The van der Waals surface area contributed by atoms with Gasteiger partial charge in [-0.3, -0.25) is 0 Å². The molecule has 1 aliphatic rings. The molecule has 1 aliphatic carbocycles. The lowest BCUT2D eigenvalue weighted by atomic mass is 9.79. The van der Waals surface area contributed by atoms with Crippen molar-refractivity contribution in [2.75, 3.05) is 0 Å². The van der Waals surface area contributed by atoms with E-state index >= 15 is 0 Å². The number of para-hydroxylation sites is 2. The third kappa shape index (κ3) is 3.70. The number of hydrogen-bond acceptors (Lipinski definition) is 0. The Balaban J connectivity index is 1.30. The van der Waals surface area contributed by atoms with Crippen LogP contribution in [0.1, 0.15) is 0 Å². The van der Waals surface area contributed by atoms with Gasteiger partial charge in [-0.1, -0.05) is 140 Å². The summed E-state index contributed by atoms with van der Waals surface area (Å²) in [4.78, 5) is 0. The van der Waals surface area contributed by atoms with Gasteiger partial charge in [0.1, 0.15) is 0 Å². The average Bonchev–Trinajstić information content (AvgIpc) is 3.51. The van der Waals surface area contributed by atoms with Crippen molar-refractivity contribution >= 4 is 54.1 Å². The van der Waals surface area contributed by atoms with E-state index in [1.54, 1.807) is 0 Å². The van der Waals surface area contributed by atoms with E-state index < -0.39 is 0 Å². The van der Waals surface area contributed by atoms with E-state index in [0.717, 1.165) is 0 Å². The molecule has 226 valence electrons. The molecular weight excluding hydrogens is 591 g/mol. The summed E-state index contributed by atoms with van der Waals surface area (Å²) in [5, 5.41) is 10.3. The molecule has 1 aromatic heterocycles. The monoisotopic (exact) mass is 619 g/mol. The number of rotatable bonds is 1. The first-order valence-corrected chi connectivity index (χ1v) is 17.0. The topological polar surface area (TPSA) is 4.93 Å². The summed E-state index contributed by atoms with van der Waals surface area (Å²) < 4.78 is 2.43. The molecule has 1 heterocycles. The van der Waals surface area contributed by atoms with Crippen molar-refractivity contribution in [3.8, 4) is 50.2 Å². The zero-order chi connectivity index (χ0) is 32.1. The van der Waals surface area contributed by atoms with Gasteiger partial charge in [0.2, 0.25) is 0 Å². The van der Waals surface area contributed by atoms with Gasteiger partial charge in [0.05, 0.1) is 11.0 Å². The first-order valence-electron chi connectivity index (χ1n) is 17.0. The molecular formula is C48H29N. The molecule has 0 N–H and O–H groups in total. The van der Waals surface area contributed by atoms with E-state index in [2.05, 4.69) is 180 Å². The molecule has 0 spiro atoms. The molecule has 0 saturated heterocycles. The Morgan fingerprint density at radius 1 is 0.224 bits per heavy atom. The highest BCUT2D eigenvalue weighted by molar-refractivity contribution is 6.27. The minimum absolute atomic E-state index is 1.17. The SMILES string of the molecule is c1ccc2c(c1)-c1ccccc1-c1cc3c4ccccc4c4ccccc4c3cc1-c1ccc(-n3c4ccccc4c4ccccc43)cc1-2. The second-order valence-corrected chi connectivity index (χ2v) is 13.2. The Morgan fingerprint density at radius 3 is 1.02 bits per heavy atom. The van der Waals surface area contributed by atoms with Gasteiger partial charge in [0.15, 0.2) is 0 Å². The quantitative estimate of drug-likeness (QED) is 0.161. The van der Waals surface area contributed by atoms with Crippen LogP contribution in [0.3, 0.4) is 0 Å². The molecule has 1 nitrogen and oxygen atoms in total. The van der Waals surface area contributed by atoms with Gasteiger partial charge in [-0.25, -0.2) is 0 Å². The molecule has 0 saturated carbocycles. The molecule has 9 aromatic carbocycles. The third-order valence-electron chi connectivity index (χ3n) is 10.7. The van der Waals surface area contributed by atoms with Gasteiger partial charge in [-0.2, -0.15) is 0 Å². The van der Waals surface area contributed by atoms with Crippen LogP contribution in [0.25, 0.3) is 104 Å². The summed E-state index contributed by atoms with van der Waals surface area (Å²) in [7, 11) is 0. The van der Waals surface area contributed by atoms with Crippen molar-refractivity contribution in [1.29, 1.82) is 0 Å². The van der Waals surface area contributed by atoms with Crippen LogP contribution in [0.5, 0.6) is 0 Å². The first kappa shape index (κ1) is 26.6. The van der Waals surface area contributed by atoms with Gasteiger partial charge < -0.3 is 4.57 Å². The Kier molecular flexibility index (Phi) is 5.45. The van der Waals surface area contributed by atoms with Crippen LogP contribution in [-0.4, -0.2) is 4.57 Å². The van der Waals surface area contributed by atoms with Gasteiger partial charge in [-0.05, 0) is 113 Å². The lowest BCUT2D eigenvalue weighted by Crippen LogP contribution is -2.00. The lowest BCUT2D eigenvalue weighted by molar-refractivity contribution is 1.18. The smallest absolute Gasteiger partial charge is 0.0541 e. The first-order chi connectivity index (χ1) is 24.3. The van der Waals surface area contributed by atoms with Crippen molar-refractivity contribution in [2.24, 2.45) is 0 Å². The van der Waals surface area contributed by atoms with Gasteiger partial charge in [0.25, 0.3) is 0 Å². The Hall–Kier alpha value is -6.44. The fourth-order valence-electron chi connectivity index (χ4n) is 8.63. The second-order valence-electron chi connectivity index (χ2n) is 13.2. The fraction of sp³-hybridized carbons (Fsp3) is 0. The predicted octanol–water partition coefficient (Wildman–Crippen LogP) is 13.2. The van der Waals surface area contributed by atoms with Crippen LogP contribution in [0.4, 0.5) is 0 Å². The number of hydrogen-bond donors (Lipinski definition) is 0. The highest BCUT2D eigenvalue weighted by Crippen LogP contribution is 2.50. The summed E-state index contributed by atoms with van der Waals surface area (Å²) in [6.45, 7) is 0. The summed E-state index contributed by atoms with van der Waals surface area (Å²) in [6.07, 6.45) is 0. The maximum atomic E-state index is 2.48. The number of aromatic nitrogens is 1. The zero-order valence-corrected chi connectivity index (χ0v) is 26.7. The molecule has 0 amide bonds. The van der Waals surface area contributed by atoms with E-state index in [4.69, 9.17) is 0 Å². The fourth-order valence-corrected chi connectivity index (χ4v) is 8.63. The van der Waals surface area contributed by atoms with E-state index in [-0.39, 0.29) is 0 Å². The molecule has 10 aromatic rings. The van der Waals surface area contributed by atoms with E-state index in [9.17, 15) is 0 Å². The van der Waals surface area contributed by atoms with Crippen molar-refractivity contribution in [2.45, 2.75) is 0 Å². The van der Waals surface area contributed by atoms with Crippen LogP contribution in [-0.2, 0) is 0 Å². The summed E-state index contributed by atoms with van der Waals surface area (Å²) in [5.74, 6) is 0. The van der Waals surface area contributed by atoms with Crippen LogP contribution < -0.4 is 0 Å². The number of benzene rings is 9. The van der Waals surface area contributed by atoms with Crippen LogP contribution in [0.2, 0.25) is 0 Å². The summed E-state index contributed by atoms with van der Waals surface area (Å²) in [5.41, 5.74) is 13.7. The Labute approximate surface area is 283 Å². The van der Waals surface area contributed by atoms with Gasteiger partial charge in [-0.15, -0.1) is 0 Å². The predicted molar refractivity (Wildman–Crippen MR) is 209 cm³/mol. The lowest BCUT2D eigenvalue weighted by Gasteiger charge is -2.25. The van der Waals surface area contributed by atoms with Crippen molar-refractivity contribution in [1.82, 2.24) is 4.57 Å². The molecule has 49 heavy (non-hydrogen) atoms. The van der Waals surface area contributed by atoms with Crippen molar-refractivity contribution < 1.29 is 0 Å². The molecule has 0 fully saturated rings. The normalized spacial score (nSPS) is 12.1. The van der Waals surface area contributed by atoms with Crippen molar-refractivity contribution in [3.63, 3.8) is 0 Å². The maximum Gasteiger partial charge on any atom is 0.0541 e.